The van der Waals surface area contributed by atoms with Gasteiger partial charge in [0.2, 0.25) is 11.8 Å². The van der Waals surface area contributed by atoms with E-state index in [0.29, 0.717) is 23.4 Å². The maximum absolute atomic E-state index is 13.1. The first-order valence-corrected chi connectivity index (χ1v) is 11.2. The lowest BCUT2D eigenvalue weighted by Gasteiger charge is -2.31. The van der Waals surface area contributed by atoms with Gasteiger partial charge in [-0.1, -0.05) is 18.2 Å². The van der Waals surface area contributed by atoms with Gasteiger partial charge in [0.1, 0.15) is 11.6 Å². The molecule has 1 N–H and O–H groups in total. The molecule has 1 aliphatic heterocycles. The summed E-state index contributed by atoms with van der Waals surface area (Å²) in [5, 5.41) is 3.46. The van der Waals surface area contributed by atoms with Crippen LogP contribution in [-0.4, -0.2) is 48.5 Å². The second-order valence-corrected chi connectivity index (χ2v) is 8.41. The molecule has 33 heavy (non-hydrogen) atoms. The maximum Gasteiger partial charge on any atom is 0.232 e. The van der Waals surface area contributed by atoms with E-state index < -0.39 is 0 Å². The molecule has 0 aliphatic carbocycles. The minimum atomic E-state index is -0.330. The summed E-state index contributed by atoms with van der Waals surface area (Å²) in [6, 6.07) is 19.7. The van der Waals surface area contributed by atoms with E-state index in [-0.39, 0.29) is 18.1 Å². The molecule has 1 amide bonds. The van der Waals surface area contributed by atoms with Crippen molar-refractivity contribution in [1.82, 2.24) is 15.2 Å². The number of nitrogens with zero attached hydrogens (tertiary/aromatic N) is 3. The lowest BCUT2D eigenvalue weighted by atomic mass is 10.1. The SMILES string of the molecule is C[C@H]1CN(Cc2ccc(N(C)C(=O)Cc3cccc(Oc4ccc(F)cc4)n3)cc2)CCN1. The number of benzene rings is 2. The fourth-order valence-corrected chi connectivity index (χ4v) is 3.89. The Morgan fingerprint density at radius 1 is 1.15 bits per heavy atom. The number of carbonyl (C=O) groups excluding carboxylic acids is 1. The number of hydrogen-bond acceptors (Lipinski definition) is 5. The summed E-state index contributed by atoms with van der Waals surface area (Å²) in [6.45, 7) is 6.21. The molecule has 1 fully saturated rings. The molecule has 3 aromatic rings. The van der Waals surface area contributed by atoms with Crippen LogP contribution >= 0.6 is 0 Å². The molecule has 4 rings (SSSR count). The molecule has 2 aromatic carbocycles. The molecular formula is C26H29FN4O2. The van der Waals surface area contributed by atoms with Crippen molar-refractivity contribution < 1.29 is 13.9 Å². The molecule has 7 heteroatoms. The largest absolute Gasteiger partial charge is 0.439 e. The normalized spacial score (nSPS) is 16.4. The number of aromatic nitrogens is 1. The minimum Gasteiger partial charge on any atom is -0.439 e. The average Bonchev–Trinajstić information content (AvgIpc) is 2.81. The van der Waals surface area contributed by atoms with Crippen LogP contribution in [0.1, 0.15) is 18.2 Å². The molecule has 2 heterocycles. The topological polar surface area (TPSA) is 57.7 Å². The van der Waals surface area contributed by atoms with Gasteiger partial charge in [-0.25, -0.2) is 9.37 Å². The highest BCUT2D eigenvalue weighted by molar-refractivity contribution is 5.94. The number of nitrogens with one attached hydrogen (secondary N) is 1. The third-order valence-electron chi connectivity index (χ3n) is 5.71. The lowest BCUT2D eigenvalue weighted by molar-refractivity contribution is -0.117. The van der Waals surface area contributed by atoms with Crippen LogP contribution in [0.15, 0.2) is 66.7 Å². The van der Waals surface area contributed by atoms with Crippen molar-refractivity contribution >= 4 is 11.6 Å². The first kappa shape index (κ1) is 22.9. The standard InChI is InChI=1S/C26H29FN4O2/c1-19-17-31(15-14-28-19)18-20-6-10-23(11-7-20)30(2)26(32)16-22-4-3-5-25(29-22)33-24-12-8-21(27)9-13-24/h3-13,19,28H,14-18H2,1-2H3/t19-/m0/s1. The van der Waals surface area contributed by atoms with Crippen molar-refractivity contribution in [3.05, 3.63) is 83.8 Å². The molecular weight excluding hydrogens is 419 g/mol. The fraction of sp³-hybridized carbons (Fsp3) is 0.308. The molecule has 0 bridgehead atoms. The van der Waals surface area contributed by atoms with E-state index in [1.54, 1.807) is 30.1 Å². The number of rotatable bonds is 7. The minimum absolute atomic E-state index is 0.0647. The summed E-state index contributed by atoms with van der Waals surface area (Å²) in [4.78, 5) is 21.4. The Morgan fingerprint density at radius 3 is 2.64 bits per heavy atom. The second kappa shape index (κ2) is 10.6. The van der Waals surface area contributed by atoms with E-state index in [1.165, 1.54) is 29.8 Å². The molecule has 1 atom stereocenters. The summed E-state index contributed by atoms with van der Waals surface area (Å²) in [5.41, 5.74) is 2.69. The van der Waals surface area contributed by atoms with Crippen LogP contribution in [0, 0.1) is 5.82 Å². The maximum atomic E-state index is 13.1. The van der Waals surface area contributed by atoms with Crippen LogP contribution in [0.5, 0.6) is 11.6 Å². The van der Waals surface area contributed by atoms with Crippen LogP contribution in [0.4, 0.5) is 10.1 Å². The van der Waals surface area contributed by atoms with Gasteiger partial charge in [0.15, 0.2) is 0 Å². The number of carbonyl (C=O) groups is 1. The summed E-state index contributed by atoms with van der Waals surface area (Å²) in [6.07, 6.45) is 0.150. The van der Waals surface area contributed by atoms with Crippen LogP contribution in [0.2, 0.25) is 0 Å². The predicted octanol–water partition coefficient (Wildman–Crippen LogP) is 4.01. The quantitative estimate of drug-likeness (QED) is 0.592. The van der Waals surface area contributed by atoms with Crippen LogP contribution in [0.25, 0.3) is 0 Å². The third-order valence-corrected chi connectivity index (χ3v) is 5.71. The number of amides is 1. The van der Waals surface area contributed by atoms with Gasteiger partial charge in [0.05, 0.1) is 12.1 Å². The zero-order chi connectivity index (χ0) is 23.2. The van der Waals surface area contributed by atoms with Crippen molar-refractivity contribution in [2.75, 3.05) is 31.6 Å². The molecule has 1 aliphatic rings. The van der Waals surface area contributed by atoms with Gasteiger partial charge in [-0.3, -0.25) is 9.69 Å². The smallest absolute Gasteiger partial charge is 0.232 e. The Morgan fingerprint density at radius 2 is 1.91 bits per heavy atom. The molecule has 0 saturated carbocycles. The monoisotopic (exact) mass is 448 g/mol. The number of likely N-dealkylation sites (N-methyl/N-ethyl adjacent to an activating group) is 1. The zero-order valence-corrected chi connectivity index (χ0v) is 19.0. The van der Waals surface area contributed by atoms with Gasteiger partial charge in [-0.05, 0) is 55.0 Å². The first-order valence-electron chi connectivity index (χ1n) is 11.2. The van der Waals surface area contributed by atoms with Crippen LogP contribution in [0.3, 0.4) is 0 Å². The first-order chi connectivity index (χ1) is 16.0. The number of piperazine rings is 1. The van der Waals surface area contributed by atoms with E-state index in [4.69, 9.17) is 4.74 Å². The van der Waals surface area contributed by atoms with Crippen LogP contribution < -0.4 is 15.0 Å². The highest BCUT2D eigenvalue weighted by atomic mass is 19.1. The van der Waals surface area contributed by atoms with E-state index in [9.17, 15) is 9.18 Å². The summed E-state index contributed by atoms with van der Waals surface area (Å²) in [5.74, 6) is 0.454. The van der Waals surface area contributed by atoms with Crippen molar-refractivity contribution in [3.63, 3.8) is 0 Å². The summed E-state index contributed by atoms with van der Waals surface area (Å²) in [7, 11) is 1.77. The van der Waals surface area contributed by atoms with E-state index in [1.807, 2.05) is 12.1 Å². The third kappa shape index (κ3) is 6.37. The Hall–Kier alpha value is -3.29. The lowest BCUT2D eigenvalue weighted by Crippen LogP contribution is -2.48. The van der Waals surface area contributed by atoms with Crippen molar-refractivity contribution in [1.29, 1.82) is 0 Å². The van der Waals surface area contributed by atoms with Gasteiger partial charge in [-0.15, -0.1) is 0 Å². The summed E-state index contributed by atoms with van der Waals surface area (Å²) < 4.78 is 18.7. The zero-order valence-electron chi connectivity index (χ0n) is 19.0. The number of pyridine rings is 1. The molecule has 0 unspecified atom stereocenters. The van der Waals surface area contributed by atoms with Gasteiger partial charge in [0, 0.05) is 51.0 Å². The second-order valence-electron chi connectivity index (χ2n) is 8.41. The van der Waals surface area contributed by atoms with Crippen molar-refractivity contribution in [2.45, 2.75) is 25.9 Å². The van der Waals surface area contributed by atoms with E-state index in [0.717, 1.165) is 31.9 Å². The Balaban J connectivity index is 1.34. The molecule has 1 saturated heterocycles. The molecule has 0 radical (unpaired) electrons. The van der Waals surface area contributed by atoms with Crippen LogP contribution in [-0.2, 0) is 17.8 Å². The van der Waals surface area contributed by atoms with Crippen molar-refractivity contribution in [2.24, 2.45) is 0 Å². The fourth-order valence-electron chi connectivity index (χ4n) is 3.89. The number of anilines is 1. The molecule has 1 aromatic heterocycles. The van der Waals surface area contributed by atoms with Gasteiger partial charge < -0.3 is 15.0 Å². The Kier molecular flexibility index (Phi) is 7.32. The van der Waals surface area contributed by atoms with Gasteiger partial charge >= 0.3 is 0 Å². The highest BCUT2D eigenvalue weighted by Crippen LogP contribution is 2.21. The Labute approximate surface area is 194 Å². The van der Waals surface area contributed by atoms with Gasteiger partial charge in [-0.2, -0.15) is 0 Å². The summed E-state index contributed by atoms with van der Waals surface area (Å²) >= 11 is 0. The van der Waals surface area contributed by atoms with Crippen molar-refractivity contribution in [3.8, 4) is 11.6 Å². The number of ether oxygens (including phenoxy) is 1. The average molecular weight is 449 g/mol. The Bertz CT molecular complexity index is 1070. The molecule has 6 nitrogen and oxygen atoms in total. The highest BCUT2D eigenvalue weighted by Gasteiger charge is 2.16. The molecule has 0 spiro atoms. The van der Waals surface area contributed by atoms with Gasteiger partial charge in [0.25, 0.3) is 0 Å². The number of hydrogen-bond donors (Lipinski definition) is 1. The number of halogens is 1. The van der Waals surface area contributed by atoms with E-state index in [2.05, 4.69) is 34.3 Å². The van der Waals surface area contributed by atoms with E-state index >= 15 is 0 Å². The molecule has 172 valence electrons. The predicted molar refractivity (Wildman–Crippen MR) is 127 cm³/mol.